The van der Waals surface area contributed by atoms with Crippen LogP contribution in [0, 0.1) is 0 Å². The molecule has 0 radical (unpaired) electrons. The number of benzene rings is 2. The fourth-order valence-electron chi connectivity index (χ4n) is 5.59. The van der Waals surface area contributed by atoms with Gasteiger partial charge in [-0.3, -0.25) is 9.58 Å². The Hall–Kier alpha value is -3.78. The predicted molar refractivity (Wildman–Crippen MR) is 141 cm³/mol. The maximum atomic E-state index is 12.6. The first-order valence-corrected chi connectivity index (χ1v) is 13.1. The van der Waals surface area contributed by atoms with E-state index in [2.05, 4.69) is 62.8 Å². The molecule has 2 aromatic heterocycles. The van der Waals surface area contributed by atoms with Gasteiger partial charge in [0, 0.05) is 31.6 Å². The lowest BCUT2D eigenvalue weighted by molar-refractivity contribution is 0.0599. The lowest BCUT2D eigenvalue weighted by Gasteiger charge is -2.26. The first-order chi connectivity index (χ1) is 18.1. The zero-order valence-corrected chi connectivity index (χ0v) is 21.4. The van der Waals surface area contributed by atoms with Crippen LogP contribution in [0.4, 0.5) is 0 Å². The van der Waals surface area contributed by atoms with Crippen molar-refractivity contribution in [2.45, 2.75) is 44.1 Å². The van der Waals surface area contributed by atoms with Crippen molar-refractivity contribution in [1.29, 1.82) is 0 Å². The van der Waals surface area contributed by atoms with Gasteiger partial charge in [0.25, 0.3) is 0 Å². The van der Waals surface area contributed by atoms with Crippen LogP contribution in [0.25, 0.3) is 16.8 Å². The zero-order chi connectivity index (χ0) is 25.4. The molecule has 6 rings (SSSR count). The number of hydrogen-bond donors (Lipinski definition) is 0. The predicted octanol–water partition coefficient (Wildman–Crippen LogP) is 4.71. The Balaban J connectivity index is 1.31. The van der Waals surface area contributed by atoms with E-state index in [0.717, 1.165) is 35.6 Å². The van der Waals surface area contributed by atoms with E-state index in [0.29, 0.717) is 5.56 Å². The molecule has 8 nitrogen and oxygen atoms in total. The summed E-state index contributed by atoms with van der Waals surface area (Å²) in [4.78, 5) is 15.2. The molecule has 0 bridgehead atoms. The third-order valence-electron chi connectivity index (χ3n) is 7.56. The van der Waals surface area contributed by atoms with Crippen LogP contribution in [0.15, 0.2) is 60.9 Å². The summed E-state index contributed by atoms with van der Waals surface area (Å²) < 4.78 is 8.70. The SMILES string of the molecule is COC(=O)c1cnn(-c2cccc(-c3cccc(CN4CCCCC4)c3)c2)c1C1CC1c1cn(C)nn1. The average Bonchev–Trinajstić information content (AvgIpc) is 3.38. The molecule has 0 amide bonds. The number of methoxy groups -OCH3 is 1. The minimum absolute atomic E-state index is 0.129. The molecule has 3 heterocycles. The van der Waals surface area contributed by atoms with E-state index in [-0.39, 0.29) is 17.8 Å². The molecule has 8 heteroatoms. The number of hydrogen-bond acceptors (Lipinski definition) is 6. The first-order valence-electron chi connectivity index (χ1n) is 13.1. The van der Waals surface area contributed by atoms with Gasteiger partial charge in [0.1, 0.15) is 5.56 Å². The van der Waals surface area contributed by atoms with Crippen LogP contribution in [0.3, 0.4) is 0 Å². The highest BCUT2D eigenvalue weighted by Gasteiger charge is 2.46. The molecule has 2 atom stereocenters. The van der Waals surface area contributed by atoms with Crippen LogP contribution in [0.1, 0.15) is 64.8 Å². The topological polar surface area (TPSA) is 78.1 Å². The monoisotopic (exact) mass is 496 g/mol. The van der Waals surface area contributed by atoms with E-state index >= 15 is 0 Å². The van der Waals surface area contributed by atoms with E-state index < -0.39 is 0 Å². The fraction of sp³-hybridized carbons (Fsp3) is 0.379. The standard InChI is InChI=1S/C29H32N6O2/c1-33-19-27(31-32-33)24-16-25(24)28-26(29(36)37-2)17-30-35(28)23-11-7-10-22(15-23)21-9-6-8-20(14-21)18-34-12-4-3-5-13-34/h6-11,14-15,17,19,24-25H,3-5,12-13,16,18H2,1-2H3. The summed E-state index contributed by atoms with van der Waals surface area (Å²) in [6.07, 6.45) is 8.39. The van der Waals surface area contributed by atoms with Crippen molar-refractivity contribution in [1.82, 2.24) is 29.7 Å². The minimum atomic E-state index is -0.368. The highest BCUT2D eigenvalue weighted by atomic mass is 16.5. The zero-order valence-electron chi connectivity index (χ0n) is 21.4. The van der Waals surface area contributed by atoms with Crippen molar-refractivity contribution in [3.8, 4) is 16.8 Å². The molecule has 4 aromatic rings. The second-order valence-electron chi connectivity index (χ2n) is 10.2. The number of ether oxygens (including phenoxy) is 1. The highest BCUT2D eigenvalue weighted by molar-refractivity contribution is 5.91. The molecule has 2 aromatic carbocycles. The van der Waals surface area contributed by atoms with E-state index in [1.807, 2.05) is 24.0 Å². The summed E-state index contributed by atoms with van der Waals surface area (Å²) in [5.74, 6) is -0.0281. The van der Waals surface area contributed by atoms with E-state index in [1.54, 1.807) is 10.9 Å². The van der Waals surface area contributed by atoms with Crippen molar-refractivity contribution in [2.24, 2.45) is 7.05 Å². The summed E-state index contributed by atoms with van der Waals surface area (Å²) in [7, 11) is 3.28. The van der Waals surface area contributed by atoms with Gasteiger partial charge in [-0.25, -0.2) is 9.48 Å². The Labute approximate surface area is 216 Å². The molecule has 0 spiro atoms. The van der Waals surface area contributed by atoms with Crippen LogP contribution in [-0.4, -0.2) is 55.8 Å². The van der Waals surface area contributed by atoms with Crippen molar-refractivity contribution < 1.29 is 9.53 Å². The van der Waals surface area contributed by atoms with Gasteiger partial charge >= 0.3 is 5.97 Å². The Bertz CT molecular complexity index is 1420. The number of nitrogens with zero attached hydrogens (tertiary/aromatic N) is 6. The van der Waals surface area contributed by atoms with Crippen molar-refractivity contribution in [2.75, 3.05) is 20.2 Å². The lowest BCUT2D eigenvalue weighted by Crippen LogP contribution is -2.29. The first kappa shape index (κ1) is 23.6. The summed E-state index contributed by atoms with van der Waals surface area (Å²) in [5.41, 5.74) is 6.89. The van der Waals surface area contributed by atoms with Crippen LogP contribution < -0.4 is 0 Å². The molecule has 1 aliphatic heterocycles. The normalized spacial score (nSPS) is 19.6. The second-order valence-corrected chi connectivity index (χ2v) is 10.2. The van der Waals surface area contributed by atoms with Gasteiger partial charge in [-0.15, -0.1) is 5.10 Å². The number of carbonyl (C=O) groups excluding carboxylic acids is 1. The molecular formula is C29H32N6O2. The molecule has 2 unspecified atom stereocenters. The quantitative estimate of drug-likeness (QED) is 0.345. The van der Waals surface area contributed by atoms with Gasteiger partial charge < -0.3 is 4.74 Å². The number of aromatic nitrogens is 5. The number of likely N-dealkylation sites (tertiary alicyclic amines) is 1. The Morgan fingerprint density at radius 3 is 2.57 bits per heavy atom. The van der Waals surface area contributed by atoms with Crippen LogP contribution in [0.5, 0.6) is 0 Å². The van der Waals surface area contributed by atoms with Gasteiger partial charge in [-0.1, -0.05) is 42.0 Å². The minimum Gasteiger partial charge on any atom is -0.465 e. The molecule has 190 valence electrons. The van der Waals surface area contributed by atoms with Crippen LogP contribution in [0.2, 0.25) is 0 Å². The van der Waals surface area contributed by atoms with Gasteiger partial charge in [0.15, 0.2) is 0 Å². The molecule has 37 heavy (non-hydrogen) atoms. The summed E-state index contributed by atoms with van der Waals surface area (Å²) in [6.45, 7) is 3.35. The molecule has 1 saturated heterocycles. The summed E-state index contributed by atoms with van der Waals surface area (Å²) >= 11 is 0. The van der Waals surface area contributed by atoms with Gasteiger partial charge in [0.2, 0.25) is 0 Å². The van der Waals surface area contributed by atoms with Gasteiger partial charge in [0.05, 0.1) is 30.4 Å². The number of carbonyl (C=O) groups is 1. The van der Waals surface area contributed by atoms with Crippen LogP contribution in [-0.2, 0) is 18.3 Å². The lowest BCUT2D eigenvalue weighted by atomic mass is 10.0. The maximum Gasteiger partial charge on any atom is 0.341 e. The molecule has 2 fully saturated rings. The number of piperidine rings is 1. The maximum absolute atomic E-state index is 12.6. The van der Waals surface area contributed by atoms with Crippen molar-refractivity contribution in [3.05, 3.63) is 83.4 Å². The molecule has 1 aliphatic carbocycles. The van der Waals surface area contributed by atoms with Crippen LogP contribution >= 0.6 is 0 Å². The third kappa shape index (κ3) is 4.81. The summed E-state index contributed by atoms with van der Waals surface area (Å²) in [5, 5.41) is 13.0. The smallest absolute Gasteiger partial charge is 0.341 e. The number of esters is 1. The Kier molecular flexibility index (Phi) is 6.34. The number of aryl methyl sites for hydroxylation is 1. The fourth-order valence-corrected chi connectivity index (χ4v) is 5.59. The van der Waals surface area contributed by atoms with E-state index in [4.69, 9.17) is 4.74 Å². The van der Waals surface area contributed by atoms with E-state index in [9.17, 15) is 4.79 Å². The molecular weight excluding hydrogens is 464 g/mol. The molecule has 1 saturated carbocycles. The van der Waals surface area contributed by atoms with E-state index in [1.165, 1.54) is 50.6 Å². The van der Waals surface area contributed by atoms with Crippen molar-refractivity contribution in [3.63, 3.8) is 0 Å². The second kappa shape index (κ2) is 9.94. The Morgan fingerprint density at radius 1 is 1.03 bits per heavy atom. The summed E-state index contributed by atoms with van der Waals surface area (Å²) in [6, 6.07) is 17.2. The Morgan fingerprint density at radius 2 is 1.81 bits per heavy atom. The largest absolute Gasteiger partial charge is 0.465 e. The van der Waals surface area contributed by atoms with Crippen molar-refractivity contribution >= 4 is 5.97 Å². The number of rotatable bonds is 7. The molecule has 0 N–H and O–H groups in total. The van der Waals surface area contributed by atoms with Gasteiger partial charge in [-0.05, 0) is 67.2 Å². The average molecular weight is 497 g/mol. The third-order valence-corrected chi connectivity index (χ3v) is 7.56. The van der Waals surface area contributed by atoms with Gasteiger partial charge in [-0.2, -0.15) is 5.10 Å². The molecule has 2 aliphatic rings. The highest BCUT2D eigenvalue weighted by Crippen LogP contribution is 2.55.